The Labute approximate surface area is 193 Å². The summed E-state index contributed by atoms with van der Waals surface area (Å²) in [5.74, 6) is -0.294. The number of aryl methyl sites for hydroxylation is 1. The van der Waals surface area contributed by atoms with Gasteiger partial charge in [-0.3, -0.25) is 14.4 Å². The van der Waals surface area contributed by atoms with Crippen LogP contribution in [0.2, 0.25) is 0 Å². The fourth-order valence-corrected chi connectivity index (χ4v) is 4.40. The van der Waals surface area contributed by atoms with Crippen LogP contribution in [0.15, 0.2) is 83.8 Å². The molecule has 0 spiro atoms. The van der Waals surface area contributed by atoms with Gasteiger partial charge < -0.3 is 14.8 Å². The first-order valence-corrected chi connectivity index (χ1v) is 11.4. The molecule has 1 N–H and O–H groups in total. The Hall–Kier alpha value is -3.67. The van der Waals surface area contributed by atoms with Crippen LogP contribution >= 0.6 is 0 Å². The second-order valence-corrected chi connectivity index (χ2v) is 8.57. The molecule has 2 amide bonds. The molecule has 6 heteroatoms. The minimum atomic E-state index is -0.358. The largest absolute Gasteiger partial charge is 0.355 e. The highest BCUT2D eigenvalue weighted by Gasteiger charge is 2.27. The highest BCUT2D eigenvalue weighted by molar-refractivity contribution is 5.93. The van der Waals surface area contributed by atoms with Crippen molar-refractivity contribution >= 4 is 11.8 Å². The predicted octanol–water partition coefficient (Wildman–Crippen LogP) is 3.19. The first kappa shape index (κ1) is 22.5. The SMILES string of the molecule is Cn1cccc(C(=O)N2CCC(CNC(=O)C(c3ccccc3)c3ccccc3)CC2)c1=O. The Balaban J connectivity index is 1.36. The zero-order valence-electron chi connectivity index (χ0n) is 18.8. The fourth-order valence-electron chi connectivity index (χ4n) is 4.40. The third-order valence-corrected chi connectivity index (χ3v) is 6.35. The number of piperidine rings is 1. The van der Waals surface area contributed by atoms with Gasteiger partial charge in [-0.1, -0.05) is 60.7 Å². The minimum Gasteiger partial charge on any atom is -0.355 e. The lowest BCUT2D eigenvalue weighted by Crippen LogP contribution is -2.43. The average Bonchev–Trinajstić information content (AvgIpc) is 2.86. The second-order valence-electron chi connectivity index (χ2n) is 8.57. The standard InChI is InChI=1S/C27H29N3O3/c1-29-16-8-13-23(26(29)32)27(33)30-17-14-20(15-18-30)19-28-25(31)24(21-9-4-2-5-10-21)22-11-6-3-7-12-22/h2-13,16,20,24H,14-15,17-19H2,1H3,(H,28,31). The summed E-state index contributed by atoms with van der Waals surface area (Å²) in [6.07, 6.45) is 3.23. The molecule has 1 aromatic heterocycles. The van der Waals surface area contributed by atoms with Crippen LogP contribution in [-0.2, 0) is 11.8 Å². The maximum atomic E-state index is 13.2. The van der Waals surface area contributed by atoms with E-state index in [2.05, 4.69) is 5.32 Å². The van der Waals surface area contributed by atoms with Crippen LogP contribution in [-0.4, -0.2) is 40.9 Å². The molecule has 33 heavy (non-hydrogen) atoms. The van der Waals surface area contributed by atoms with Crippen LogP contribution in [0.1, 0.15) is 40.2 Å². The average molecular weight is 444 g/mol. The van der Waals surface area contributed by atoms with E-state index in [-0.39, 0.29) is 28.9 Å². The number of carbonyl (C=O) groups excluding carboxylic acids is 2. The Bertz CT molecular complexity index is 1110. The molecule has 1 aliphatic heterocycles. The monoisotopic (exact) mass is 443 g/mol. The molecule has 1 fully saturated rings. The number of hydrogen-bond donors (Lipinski definition) is 1. The summed E-state index contributed by atoms with van der Waals surface area (Å²) >= 11 is 0. The number of benzene rings is 2. The first-order valence-electron chi connectivity index (χ1n) is 11.4. The number of carbonyl (C=O) groups is 2. The number of hydrogen-bond acceptors (Lipinski definition) is 3. The molecule has 0 radical (unpaired) electrons. The van der Waals surface area contributed by atoms with E-state index in [0.717, 1.165) is 24.0 Å². The third-order valence-electron chi connectivity index (χ3n) is 6.35. The Kier molecular flexibility index (Phi) is 7.03. The van der Waals surface area contributed by atoms with Gasteiger partial charge in [-0.15, -0.1) is 0 Å². The third kappa shape index (κ3) is 5.22. The molecule has 1 aliphatic rings. The van der Waals surface area contributed by atoms with Crippen molar-refractivity contribution in [3.8, 4) is 0 Å². The van der Waals surface area contributed by atoms with Crippen LogP contribution in [0.4, 0.5) is 0 Å². The number of nitrogens with one attached hydrogen (secondary N) is 1. The lowest BCUT2D eigenvalue weighted by Gasteiger charge is -2.32. The number of aromatic nitrogens is 1. The van der Waals surface area contributed by atoms with Crippen LogP contribution in [0.5, 0.6) is 0 Å². The zero-order chi connectivity index (χ0) is 23.2. The predicted molar refractivity (Wildman–Crippen MR) is 128 cm³/mol. The van der Waals surface area contributed by atoms with Crippen LogP contribution in [0.3, 0.4) is 0 Å². The molecule has 1 saturated heterocycles. The van der Waals surface area contributed by atoms with E-state index in [9.17, 15) is 14.4 Å². The minimum absolute atomic E-state index is 0.0151. The van der Waals surface area contributed by atoms with Crippen molar-refractivity contribution < 1.29 is 9.59 Å². The Morgan fingerprint density at radius 1 is 0.909 bits per heavy atom. The molecular formula is C27H29N3O3. The summed E-state index contributed by atoms with van der Waals surface area (Å²) in [5.41, 5.74) is 1.86. The molecule has 0 atom stereocenters. The second kappa shape index (κ2) is 10.3. The van der Waals surface area contributed by atoms with Crippen molar-refractivity contribution in [1.29, 1.82) is 0 Å². The highest BCUT2D eigenvalue weighted by Crippen LogP contribution is 2.25. The van der Waals surface area contributed by atoms with Gasteiger partial charge in [-0.2, -0.15) is 0 Å². The Morgan fingerprint density at radius 2 is 1.48 bits per heavy atom. The number of amides is 2. The van der Waals surface area contributed by atoms with Crippen LogP contribution < -0.4 is 10.9 Å². The summed E-state index contributed by atoms with van der Waals surface area (Å²) in [4.78, 5) is 40.0. The molecule has 6 nitrogen and oxygen atoms in total. The quantitative estimate of drug-likeness (QED) is 0.636. The lowest BCUT2D eigenvalue weighted by atomic mass is 9.90. The van der Waals surface area contributed by atoms with E-state index in [1.807, 2.05) is 60.7 Å². The topological polar surface area (TPSA) is 71.4 Å². The summed E-state index contributed by atoms with van der Waals surface area (Å²) in [6, 6.07) is 22.9. The van der Waals surface area contributed by atoms with E-state index in [1.165, 1.54) is 4.57 Å². The molecular weight excluding hydrogens is 414 g/mol. The van der Waals surface area contributed by atoms with E-state index in [0.29, 0.717) is 25.6 Å². The molecule has 0 saturated carbocycles. The smallest absolute Gasteiger partial charge is 0.263 e. The summed E-state index contributed by atoms with van der Waals surface area (Å²) < 4.78 is 1.42. The van der Waals surface area contributed by atoms with Crippen molar-refractivity contribution in [3.63, 3.8) is 0 Å². The van der Waals surface area contributed by atoms with E-state index >= 15 is 0 Å². The van der Waals surface area contributed by atoms with Gasteiger partial charge in [0.25, 0.3) is 11.5 Å². The van der Waals surface area contributed by atoms with Gasteiger partial charge in [-0.05, 0) is 42.0 Å². The van der Waals surface area contributed by atoms with Gasteiger partial charge in [0, 0.05) is 32.9 Å². The molecule has 0 aliphatic carbocycles. The number of nitrogens with zero attached hydrogens (tertiary/aromatic N) is 2. The van der Waals surface area contributed by atoms with Gasteiger partial charge in [0.15, 0.2) is 0 Å². The van der Waals surface area contributed by atoms with Gasteiger partial charge in [-0.25, -0.2) is 0 Å². The highest BCUT2D eigenvalue weighted by atomic mass is 16.2. The first-order chi connectivity index (χ1) is 16.0. The molecule has 3 aromatic rings. The fraction of sp³-hybridized carbons (Fsp3) is 0.296. The molecule has 0 unspecified atom stereocenters. The van der Waals surface area contributed by atoms with Crippen LogP contribution in [0, 0.1) is 5.92 Å². The number of likely N-dealkylation sites (tertiary alicyclic amines) is 1. The van der Waals surface area contributed by atoms with E-state index < -0.39 is 0 Å². The van der Waals surface area contributed by atoms with E-state index in [1.54, 1.807) is 30.3 Å². The van der Waals surface area contributed by atoms with Crippen molar-refractivity contribution in [1.82, 2.24) is 14.8 Å². The maximum Gasteiger partial charge on any atom is 0.263 e. The van der Waals surface area contributed by atoms with Gasteiger partial charge in [0.1, 0.15) is 5.56 Å². The molecule has 2 heterocycles. The van der Waals surface area contributed by atoms with Crippen LogP contribution in [0.25, 0.3) is 0 Å². The maximum absolute atomic E-state index is 13.2. The lowest BCUT2D eigenvalue weighted by molar-refractivity contribution is -0.122. The zero-order valence-corrected chi connectivity index (χ0v) is 18.8. The van der Waals surface area contributed by atoms with Crippen molar-refractivity contribution in [2.24, 2.45) is 13.0 Å². The molecule has 0 bridgehead atoms. The molecule has 4 rings (SSSR count). The molecule has 2 aromatic carbocycles. The van der Waals surface area contributed by atoms with Gasteiger partial charge >= 0.3 is 0 Å². The van der Waals surface area contributed by atoms with Crippen molar-refractivity contribution in [3.05, 3.63) is 106 Å². The Morgan fingerprint density at radius 3 is 2.06 bits per heavy atom. The summed E-state index contributed by atoms with van der Waals surface area (Å²) in [6.45, 7) is 1.74. The molecule has 170 valence electrons. The van der Waals surface area contributed by atoms with E-state index in [4.69, 9.17) is 0 Å². The number of rotatable bonds is 6. The van der Waals surface area contributed by atoms with Crippen molar-refractivity contribution in [2.75, 3.05) is 19.6 Å². The summed E-state index contributed by atoms with van der Waals surface area (Å²) in [7, 11) is 1.65. The summed E-state index contributed by atoms with van der Waals surface area (Å²) in [5, 5.41) is 3.15. The van der Waals surface area contributed by atoms with Crippen molar-refractivity contribution in [2.45, 2.75) is 18.8 Å². The normalized spacial score (nSPS) is 14.3. The number of pyridine rings is 1. The van der Waals surface area contributed by atoms with Gasteiger partial charge in [0.05, 0.1) is 5.92 Å². The van der Waals surface area contributed by atoms with Gasteiger partial charge in [0.2, 0.25) is 5.91 Å².